The Morgan fingerprint density at radius 3 is 2.67 bits per heavy atom. The lowest BCUT2D eigenvalue weighted by atomic mass is 9.99. The quantitative estimate of drug-likeness (QED) is 0.628. The number of nitro benzene ring substituents is 1. The smallest absolute Gasteiger partial charge is 0.273 e. The molecule has 0 radical (unpaired) electrons. The van der Waals surface area contributed by atoms with Crippen molar-refractivity contribution in [2.75, 3.05) is 19.6 Å². The van der Waals surface area contributed by atoms with E-state index in [1.54, 1.807) is 0 Å². The normalized spacial score (nSPS) is 16.8. The van der Waals surface area contributed by atoms with Gasteiger partial charge >= 0.3 is 0 Å². The van der Waals surface area contributed by atoms with Gasteiger partial charge in [0.25, 0.3) is 5.69 Å². The minimum atomic E-state index is -3.72. The third-order valence-corrected chi connectivity index (χ3v) is 5.33. The number of nitrogens with zero attached hydrogens (tertiary/aromatic N) is 1. The lowest BCUT2D eigenvalue weighted by molar-refractivity contribution is -0.385. The van der Waals surface area contributed by atoms with Crippen molar-refractivity contribution >= 4 is 15.7 Å². The van der Waals surface area contributed by atoms with E-state index < -0.39 is 14.9 Å². The van der Waals surface area contributed by atoms with Crippen molar-refractivity contribution in [2.45, 2.75) is 24.7 Å². The first-order chi connectivity index (χ1) is 9.92. The fourth-order valence-electron chi connectivity index (χ4n) is 2.48. The Balaban J connectivity index is 2.15. The Labute approximate surface area is 123 Å². The highest BCUT2D eigenvalue weighted by molar-refractivity contribution is 7.89. The molecule has 0 spiro atoms. The van der Waals surface area contributed by atoms with Gasteiger partial charge in [-0.05, 0) is 44.8 Å². The summed E-state index contributed by atoms with van der Waals surface area (Å²) in [4.78, 5) is 10.3. The molecule has 1 saturated heterocycles. The van der Waals surface area contributed by atoms with Gasteiger partial charge in [-0.15, -0.1) is 0 Å². The van der Waals surface area contributed by atoms with Crippen LogP contribution in [0, 0.1) is 23.0 Å². The van der Waals surface area contributed by atoms with Crippen LogP contribution in [-0.4, -0.2) is 33.0 Å². The molecule has 1 aliphatic heterocycles. The summed E-state index contributed by atoms with van der Waals surface area (Å²) in [5.41, 5.74) is -0.0138. The number of benzene rings is 1. The van der Waals surface area contributed by atoms with Crippen LogP contribution in [-0.2, 0) is 10.0 Å². The van der Waals surface area contributed by atoms with Gasteiger partial charge in [-0.25, -0.2) is 13.1 Å². The molecular formula is C13H19N3O4S. The molecule has 0 amide bonds. The molecular weight excluding hydrogens is 294 g/mol. The van der Waals surface area contributed by atoms with Crippen LogP contribution in [0.25, 0.3) is 0 Å². The molecule has 1 aromatic rings. The van der Waals surface area contributed by atoms with E-state index >= 15 is 0 Å². The first-order valence-corrected chi connectivity index (χ1v) is 8.34. The maximum atomic E-state index is 12.3. The summed E-state index contributed by atoms with van der Waals surface area (Å²) in [5.74, 6) is 0.306. The highest BCUT2D eigenvalue weighted by Crippen LogP contribution is 2.24. The lowest BCUT2D eigenvalue weighted by Crippen LogP contribution is -2.36. The summed E-state index contributed by atoms with van der Waals surface area (Å²) in [5, 5.41) is 14.1. The summed E-state index contributed by atoms with van der Waals surface area (Å²) < 4.78 is 27.2. The number of piperidine rings is 1. The van der Waals surface area contributed by atoms with E-state index in [1.807, 2.05) is 0 Å². The Morgan fingerprint density at radius 2 is 2.05 bits per heavy atom. The molecule has 7 nitrogen and oxygen atoms in total. The molecule has 21 heavy (non-hydrogen) atoms. The largest absolute Gasteiger partial charge is 0.317 e. The van der Waals surface area contributed by atoms with E-state index in [4.69, 9.17) is 0 Å². The molecule has 1 aromatic carbocycles. The second-order valence-electron chi connectivity index (χ2n) is 5.20. The van der Waals surface area contributed by atoms with Gasteiger partial charge in [0, 0.05) is 18.2 Å². The van der Waals surface area contributed by atoms with Gasteiger partial charge in [-0.2, -0.15) is 0 Å². The Hall–Kier alpha value is -1.51. The zero-order valence-electron chi connectivity index (χ0n) is 11.8. The van der Waals surface area contributed by atoms with Crippen molar-refractivity contribution in [3.8, 4) is 0 Å². The van der Waals surface area contributed by atoms with Crippen molar-refractivity contribution in [2.24, 2.45) is 5.92 Å². The van der Waals surface area contributed by atoms with Gasteiger partial charge in [-0.1, -0.05) is 6.07 Å². The van der Waals surface area contributed by atoms with Crippen molar-refractivity contribution < 1.29 is 13.3 Å². The minimum Gasteiger partial charge on any atom is -0.317 e. The monoisotopic (exact) mass is 313 g/mol. The molecule has 1 aliphatic rings. The maximum absolute atomic E-state index is 12.3. The van der Waals surface area contributed by atoms with Gasteiger partial charge in [-0.3, -0.25) is 10.1 Å². The van der Waals surface area contributed by atoms with Crippen LogP contribution in [0.5, 0.6) is 0 Å². The van der Waals surface area contributed by atoms with Gasteiger partial charge in [0.2, 0.25) is 10.0 Å². The summed E-state index contributed by atoms with van der Waals surface area (Å²) in [7, 11) is -3.72. The molecule has 0 bridgehead atoms. The van der Waals surface area contributed by atoms with Crippen LogP contribution in [0.3, 0.4) is 0 Å². The van der Waals surface area contributed by atoms with Crippen LogP contribution in [0.15, 0.2) is 23.1 Å². The van der Waals surface area contributed by atoms with Crippen molar-refractivity contribution in [3.05, 3.63) is 33.9 Å². The fraction of sp³-hybridized carbons (Fsp3) is 0.538. The van der Waals surface area contributed by atoms with E-state index in [0.29, 0.717) is 12.5 Å². The number of nitro groups is 1. The molecule has 0 saturated carbocycles. The van der Waals surface area contributed by atoms with Crippen LogP contribution in [0.4, 0.5) is 5.69 Å². The summed E-state index contributed by atoms with van der Waals surface area (Å²) in [6.45, 7) is 3.60. The van der Waals surface area contributed by atoms with Crippen LogP contribution < -0.4 is 10.0 Å². The van der Waals surface area contributed by atoms with Gasteiger partial charge < -0.3 is 5.32 Å². The summed E-state index contributed by atoms with van der Waals surface area (Å²) in [6.07, 6.45) is 1.85. The Bertz CT molecular complexity index is 624. The second-order valence-corrected chi connectivity index (χ2v) is 6.94. The molecule has 0 aromatic heterocycles. The zero-order valence-corrected chi connectivity index (χ0v) is 12.6. The predicted octanol–water partition coefficient (Wildman–Crippen LogP) is 1.18. The van der Waals surface area contributed by atoms with Crippen molar-refractivity contribution in [3.63, 3.8) is 0 Å². The van der Waals surface area contributed by atoms with Gasteiger partial charge in [0.1, 0.15) is 0 Å². The molecule has 2 N–H and O–H groups in total. The fourth-order valence-corrected chi connectivity index (χ4v) is 3.86. The SMILES string of the molecule is Cc1c([N+](=O)[O-])cccc1S(=O)(=O)NCC1CCNCC1. The molecule has 0 atom stereocenters. The van der Waals surface area contributed by atoms with Gasteiger partial charge in [0.15, 0.2) is 0 Å². The Kier molecular flexibility index (Phi) is 4.92. The molecule has 1 fully saturated rings. The highest BCUT2D eigenvalue weighted by atomic mass is 32.2. The first-order valence-electron chi connectivity index (χ1n) is 6.86. The highest BCUT2D eigenvalue weighted by Gasteiger charge is 2.24. The third-order valence-electron chi connectivity index (χ3n) is 3.76. The summed E-state index contributed by atoms with van der Waals surface area (Å²) >= 11 is 0. The standard InChI is InChI=1S/C13H19N3O4S/c1-10-12(16(17)18)3-2-4-13(10)21(19,20)15-9-11-5-7-14-8-6-11/h2-4,11,14-15H,5-9H2,1H3. The predicted molar refractivity (Wildman–Crippen MR) is 78.6 cm³/mol. The minimum absolute atomic E-state index is 0.0226. The molecule has 0 unspecified atom stereocenters. The van der Waals surface area contributed by atoms with Crippen molar-refractivity contribution in [1.82, 2.24) is 10.0 Å². The van der Waals surface area contributed by atoms with E-state index in [9.17, 15) is 18.5 Å². The number of nitrogens with one attached hydrogen (secondary N) is 2. The average Bonchev–Trinajstić information content (AvgIpc) is 2.46. The Morgan fingerprint density at radius 1 is 1.38 bits per heavy atom. The number of sulfonamides is 1. The molecule has 1 heterocycles. The molecule has 2 rings (SSSR count). The van der Waals surface area contributed by atoms with Gasteiger partial charge in [0.05, 0.1) is 9.82 Å². The number of rotatable bonds is 5. The first kappa shape index (κ1) is 15.9. The van der Waals surface area contributed by atoms with Crippen LogP contribution in [0.2, 0.25) is 0 Å². The summed E-state index contributed by atoms with van der Waals surface area (Å²) in [6, 6.07) is 4.10. The van der Waals surface area contributed by atoms with E-state index in [2.05, 4.69) is 10.0 Å². The van der Waals surface area contributed by atoms with E-state index in [1.165, 1.54) is 25.1 Å². The lowest BCUT2D eigenvalue weighted by Gasteiger charge is -2.22. The number of hydrogen-bond donors (Lipinski definition) is 2. The van der Waals surface area contributed by atoms with E-state index in [0.717, 1.165) is 25.9 Å². The average molecular weight is 313 g/mol. The van der Waals surface area contributed by atoms with Crippen molar-refractivity contribution in [1.29, 1.82) is 0 Å². The maximum Gasteiger partial charge on any atom is 0.273 e. The van der Waals surface area contributed by atoms with Crippen LogP contribution >= 0.6 is 0 Å². The topological polar surface area (TPSA) is 101 Å². The molecule has 8 heteroatoms. The van der Waals surface area contributed by atoms with E-state index in [-0.39, 0.29) is 16.1 Å². The zero-order chi connectivity index (χ0) is 15.5. The van der Waals surface area contributed by atoms with Crippen LogP contribution in [0.1, 0.15) is 18.4 Å². The molecule has 116 valence electrons. The molecule has 0 aliphatic carbocycles. The third kappa shape index (κ3) is 3.78. The number of hydrogen-bond acceptors (Lipinski definition) is 5. The second kappa shape index (κ2) is 6.50.